The van der Waals surface area contributed by atoms with Crippen molar-refractivity contribution in [2.24, 2.45) is 0 Å². The minimum absolute atomic E-state index is 0.0693. The van der Waals surface area contributed by atoms with Crippen molar-refractivity contribution in [3.8, 4) is 0 Å². The predicted octanol–water partition coefficient (Wildman–Crippen LogP) is 1.81. The van der Waals surface area contributed by atoms with Crippen molar-refractivity contribution in [1.82, 2.24) is 9.38 Å². The maximum Gasteiger partial charge on any atom is 0.349 e. The number of methoxy groups -OCH3 is 1. The lowest BCUT2D eigenvalue weighted by molar-refractivity contribution is 0.0605. The van der Waals surface area contributed by atoms with E-state index in [2.05, 4.69) is 9.72 Å². The molecule has 0 unspecified atom stereocenters. The molecule has 5 nitrogen and oxygen atoms in total. The molecule has 0 atom stereocenters. The monoisotopic (exact) mass is 272 g/mol. The number of hydrogen-bond donors (Lipinski definition) is 0. The van der Waals surface area contributed by atoms with Crippen LogP contribution in [-0.4, -0.2) is 22.5 Å². The highest BCUT2D eigenvalue weighted by atomic mass is 35.5. The van der Waals surface area contributed by atoms with Gasteiger partial charge in [-0.2, -0.15) is 0 Å². The van der Waals surface area contributed by atoms with E-state index < -0.39 is 5.97 Å². The number of hydrogen-bond acceptors (Lipinski definition) is 5. The first kappa shape index (κ1) is 12.1. The Kier molecular flexibility index (Phi) is 2.92. The van der Waals surface area contributed by atoms with Gasteiger partial charge in [0.15, 0.2) is 4.96 Å². The van der Waals surface area contributed by atoms with Crippen molar-refractivity contribution in [3.05, 3.63) is 31.6 Å². The van der Waals surface area contributed by atoms with E-state index in [-0.39, 0.29) is 10.6 Å². The van der Waals surface area contributed by atoms with Gasteiger partial charge < -0.3 is 4.74 Å². The minimum Gasteiger partial charge on any atom is -0.465 e. The van der Waals surface area contributed by atoms with E-state index in [9.17, 15) is 9.59 Å². The summed E-state index contributed by atoms with van der Waals surface area (Å²) in [5, 5.41) is 0.0693. The Balaban J connectivity index is 2.88. The molecule has 0 amide bonds. The zero-order valence-corrected chi connectivity index (χ0v) is 11.0. The number of carbonyl (C=O) groups is 1. The van der Waals surface area contributed by atoms with E-state index in [0.29, 0.717) is 21.2 Å². The molecule has 0 spiro atoms. The normalized spacial score (nSPS) is 10.8. The summed E-state index contributed by atoms with van der Waals surface area (Å²) in [4.78, 5) is 28.4. The van der Waals surface area contributed by atoms with Gasteiger partial charge in [0.1, 0.15) is 9.90 Å². The van der Waals surface area contributed by atoms with Crippen LogP contribution in [0.1, 0.15) is 21.1 Å². The SMILES string of the molecule is COC(=O)c1sc2nc(C)c(Cl)c(=O)n2c1C. The third-order valence-corrected chi connectivity index (χ3v) is 3.95. The Morgan fingerprint density at radius 1 is 1.47 bits per heavy atom. The van der Waals surface area contributed by atoms with Crippen LogP contribution >= 0.6 is 22.9 Å². The number of fused-ring (bicyclic) bond motifs is 1. The van der Waals surface area contributed by atoms with Crippen LogP contribution in [0.5, 0.6) is 0 Å². The number of esters is 1. The van der Waals surface area contributed by atoms with E-state index >= 15 is 0 Å². The van der Waals surface area contributed by atoms with Gasteiger partial charge in [0.05, 0.1) is 18.5 Å². The highest BCUT2D eigenvalue weighted by Gasteiger charge is 2.19. The molecule has 0 N–H and O–H groups in total. The van der Waals surface area contributed by atoms with Crippen LogP contribution < -0.4 is 5.56 Å². The molecule has 7 heteroatoms. The number of thiazole rings is 1. The van der Waals surface area contributed by atoms with E-state index in [1.165, 1.54) is 11.5 Å². The topological polar surface area (TPSA) is 60.7 Å². The zero-order valence-electron chi connectivity index (χ0n) is 9.41. The fourth-order valence-electron chi connectivity index (χ4n) is 1.50. The smallest absolute Gasteiger partial charge is 0.349 e. The molecule has 2 heterocycles. The zero-order chi connectivity index (χ0) is 12.7. The predicted molar refractivity (Wildman–Crippen MR) is 65.2 cm³/mol. The van der Waals surface area contributed by atoms with Crippen LogP contribution in [0, 0.1) is 13.8 Å². The lowest BCUT2D eigenvalue weighted by Crippen LogP contribution is -2.17. The number of aromatic nitrogens is 2. The van der Waals surface area contributed by atoms with E-state index in [0.717, 1.165) is 11.3 Å². The van der Waals surface area contributed by atoms with Gasteiger partial charge in [0, 0.05) is 0 Å². The van der Waals surface area contributed by atoms with Gasteiger partial charge in [-0.3, -0.25) is 9.20 Å². The maximum atomic E-state index is 11.9. The number of aryl methyl sites for hydroxylation is 2. The number of carbonyl (C=O) groups excluding carboxylic acids is 1. The molecular weight excluding hydrogens is 264 g/mol. The fraction of sp³-hybridized carbons (Fsp3) is 0.300. The lowest BCUT2D eigenvalue weighted by Gasteiger charge is -1.99. The molecule has 0 saturated heterocycles. The first-order valence-corrected chi connectivity index (χ1v) is 5.93. The van der Waals surface area contributed by atoms with Crippen LogP contribution in [0.3, 0.4) is 0 Å². The number of halogens is 1. The molecule has 0 aromatic carbocycles. The van der Waals surface area contributed by atoms with Crippen molar-refractivity contribution in [2.45, 2.75) is 13.8 Å². The van der Waals surface area contributed by atoms with Crippen molar-refractivity contribution in [1.29, 1.82) is 0 Å². The highest BCUT2D eigenvalue weighted by Crippen LogP contribution is 2.22. The Hall–Kier alpha value is -1.40. The van der Waals surface area contributed by atoms with Crippen LogP contribution in [0.15, 0.2) is 4.79 Å². The van der Waals surface area contributed by atoms with Gasteiger partial charge in [-0.15, -0.1) is 0 Å². The maximum absolute atomic E-state index is 11.9. The Bertz CT molecular complexity index is 674. The largest absolute Gasteiger partial charge is 0.465 e. The average molecular weight is 273 g/mol. The van der Waals surface area contributed by atoms with Crippen LogP contribution in [0.2, 0.25) is 5.02 Å². The summed E-state index contributed by atoms with van der Waals surface area (Å²) in [5.74, 6) is -0.480. The molecule has 2 aromatic rings. The van der Waals surface area contributed by atoms with Gasteiger partial charge in [-0.25, -0.2) is 9.78 Å². The molecule has 2 rings (SSSR count). The lowest BCUT2D eigenvalue weighted by atomic mass is 10.4. The summed E-state index contributed by atoms with van der Waals surface area (Å²) >= 11 is 6.96. The molecule has 0 aliphatic heterocycles. The summed E-state index contributed by atoms with van der Waals surface area (Å²) < 4.78 is 5.97. The molecule has 2 aromatic heterocycles. The molecule has 0 fully saturated rings. The molecule has 17 heavy (non-hydrogen) atoms. The molecule has 90 valence electrons. The second-order valence-corrected chi connectivity index (χ2v) is 4.80. The summed E-state index contributed by atoms with van der Waals surface area (Å²) in [6.07, 6.45) is 0. The van der Waals surface area contributed by atoms with Crippen molar-refractivity contribution >= 4 is 33.9 Å². The Morgan fingerprint density at radius 2 is 2.12 bits per heavy atom. The van der Waals surface area contributed by atoms with Crippen molar-refractivity contribution < 1.29 is 9.53 Å². The Labute approximate surface area is 106 Å². The quantitative estimate of drug-likeness (QED) is 0.743. The highest BCUT2D eigenvalue weighted by molar-refractivity contribution is 7.19. The molecule has 0 aliphatic carbocycles. The van der Waals surface area contributed by atoms with E-state index in [4.69, 9.17) is 11.6 Å². The molecule has 0 saturated carbocycles. The second kappa shape index (κ2) is 4.12. The number of rotatable bonds is 1. The summed E-state index contributed by atoms with van der Waals surface area (Å²) in [6.45, 7) is 3.31. The summed E-state index contributed by atoms with van der Waals surface area (Å²) in [5.41, 5.74) is 0.587. The van der Waals surface area contributed by atoms with Crippen molar-refractivity contribution in [3.63, 3.8) is 0 Å². The summed E-state index contributed by atoms with van der Waals surface area (Å²) in [6, 6.07) is 0. The standard InChI is InChI=1S/C10H9ClN2O3S/c1-4-6(11)8(14)13-5(2)7(9(15)16-3)17-10(13)12-4/h1-3H3. The second-order valence-electron chi connectivity index (χ2n) is 3.44. The van der Waals surface area contributed by atoms with Gasteiger partial charge in [-0.05, 0) is 13.8 Å². The molecule has 0 aliphatic rings. The Morgan fingerprint density at radius 3 is 2.71 bits per heavy atom. The van der Waals surface area contributed by atoms with Gasteiger partial charge >= 0.3 is 5.97 Å². The number of nitrogens with zero attached hydrogens (tertiary/aromatic N) is 2. The average Bonchev–Trinajstić information content (AvgIpc) is 2.62. The van der Waals surface area contributed by atoms with E-state index in [1.807, 2.05) is 0 Å². The minimum atomic E-state index is -0.480. The van der Waals surface area contributed by atoms with E-state index in [1.54, 1.807) is 13.8 Å². The van der Waals surface area contributed by atoms with Crippen LogP contribution in [0.25, 0.3) is 4.96 Å². The first-order valence-electron chi connectivity index (χ1n) is 4.74. The van der Waals surface area contributed by atoms with Crippen LogP contribution in [-0.2, 0) is 4.74 Å². The molecular formula is C10H9ClN2O3S. The third-order valence-electron chi connectivity index (χ3n) is 2.39. The molecule has 0 bridgehead atoms. The fourth-order valence-corrected chi connectivity index (χ4v) is 2.70. The number of ether oxygens (including phenoxy) is 1. The van der Waals surface area contributed by atoms with Crippen LogP contribution in [0.4, 0.5) is 0 Å². The summed E-state index contributed by atoms with van der Waals surface area (Å²) in [7, 11) is 1.29. The van der Waals surface area contributed by atoms with Gasteiger partial charge in [0.25, 0.3) is 5.56 Å². The first-order chi connectivity index (χ1) is 7.97. The third kappa shape index (κ3) is 1.73. The van der Waals surface area contributed by atoms with Gasteiger partial charge in [0.2, 0.25) is 0 Å². The molecule has 0 radical (unpaired) electrons. The van der Waals surface area contributed by atoms with Gasteiger partial charge in [-0.1, -0.05) is 22.9 Å². The van der Waals surface area contributed by atoms with Crippen molar-refractivity contribution in [2.75, 3.05) is 7.11 Å².